The van der Waals surface area contributed by atoms with Gasteiger partial charge in [-0.3, -0.25) is 9.59 Å². The van der Waals surface area contributed by atoms with E-state index in [4.69, 9.17) is 27.9 Å². The number of rotatable bonds is 6. The number of ether oxygens (including phenoxy) is 1. The molecule has 0 aromatic heterocycles. The van der Waals surface area contributed by atoms with Gasteiger partial charge in [0.05, 0.1) is 17.2 Å². The Morgan fingerprint density at radius 1 is 1.40 bits per heavy atom. The fourth-order valence-corrected chi connectivity index (χ4v) is 2.88. The van der Waals surface area contributed by atoms with Crippen LogP contribution < -0.4 is 0 Å². The molecule has 0 saturated heterocycles. The molecule has 110 valence electrons. The van der Waals surface area contributed by atoms with Crippen LogP contribution in [-0.2, 0) is 9.53 Å². The molecule has 3 nitrogen and oxygen atoms in total. The molecule has 0 saturated carbocycles. The van der Waals surface area contributed by atoms with Gasteiger partial charge in [-0.25, -0.2) is 4.39 Å². The molecule has 0 amide bonds. The lowest BCUT2D eigenvalue weighted by Gasteiger charge is -2.14. The Labute approximate surface area is 130 Å². The zero-order valence-electron chi connectivity index (χ0n) is 10.9. The predicted molar refractivity (Wildman–Crippen MR) is 78.2 cm³/mol. The molecule has 20 heavy (non-hydrogen) atoms. The number of carbonyl (C=O) groups is 2. The Bertz CT molecular complexity index is 523. The van der Waals surface area contributed by atoms with Crippen LogP contribution in [0, 0.1) is 5.82 Å². The Hall–Kier alpha value is -0.780. The van der Waals surface area contributed by atoms with Crippen molar-refractivity contribution >= 4 is 46.2 Å². The first-order chi connectivity index (χ1) is 9.40. The third-order valence-corrected chi connectivity index (χ3v) is 4.45. The van der Waals surface area contributed by atoms with E-state index >= 15 is 0 Å². The predicted octanol–water partition coefficient (Wildman–Crippen LogP) is 4.29. The van der Waals surface area contributed by atoms with Crippen molar-refractivity contribution in [1.29, 1.82) is 0 Å². The number of hydrogen-bond acceptors (Lipinski definition) is 4. The van der Waals surface area contributed by atoms with Crippen molar-refractivity contribution in [2.75, 3.05) is 6.61 Å². The van der Waals surface area contributed by atoms with Crippen molar-refractivity contribution in [1.82, 2.24) is 0 Å². The maximum Gasteiger partial charge on any atom is 0.319 e. The molecule has 0 aliphatic heterocycles. The lowest BCUT2D eigenvalue weighted by atomic mass is 10.2. The number of esters is 1. The van der Waals surface area contributed by atoms with Crippen molar-refractivity contribution in [2.24, 2.45) is 0 Å². The highest BCUT2D eigenvalue weighted by atomic mass is 35.5. The highest BCUT2D eigenvalue weighted by Crippen LogP contribution is 2.34. The van der Waals surface area contributed by atoms with Crippen molar-refractivity contribution in [3.63, 3.8) is 0 Å². The summed E-state index contributed by atoms with van der Waals surface area (Å²) in [5.41, 5.74) is -0.266. The van der Waals surface area contributed by atoms with Crippen LogP contribution in [0.3, 0.4) is 0 Å². The monoisotopic (exact) mass is 338 g/mol. The van der Waals surface area contributed by atoms with Crippen molar-refractivity contribution in [3.05, 3.63) is 28.5 Å². The molecule has 1 rings (SSSR count). The second kappa shape index (κ2) is 7.86. The van der Waals surface area contributed by atoms with E-state index < -0.39 is 16.3 Å². The average Bonchev–Trinajstić information content (AvgIpc) is 2.37. The first-order valence-corrected chi connectivity index (χ1v) is 7.56. The molecular formula is C13H13Cl2FO3S. The zero-order chi connectivity index (χ0) is 15.3. The zero-order valence-corrected chi connectivity index (χ0v) is 13.2. The SMILES string of the molecule is CCOC(=O)C(CC)Sc1cc(C(=O)Cl)c(F)cc1Cl. The van der Waals surface area contributed by atoms with E-state index in [0.717, 1.165) is 17.8 Å². The maximum absolute atomic E-state index is 13.5. The van der Waals surface area contributed by atoms with Gasteiger partial charge in [-0.15, -0.1) is 11.8 Å². The number of thioether (sulfide) groups is 1. The van der Waals surface area contributed by atoms with E-state index in [-0.39, 0.29) is 23.2 Å². The summed E-state index contributed by atoms with van der Waals surface area (Å²) >= 11 is 12.3. The van der Waals surface area contributed by atoms with Gasteiger partial charge in [-0.2, -0.15) is 0 Å². The van der Waals surface area contributed by atoms with Crippen LogP contribution in [0.1, 0.15) is 30.6 Å². The molecule has 0 radical (unpaired) electrons. The average molecular weight is 339 g/mol. The molecule has 0 aliphatic rings. The molecule has 0 bridgehead atoms. The summed E-state index contributed by atoms with van der Waals surface area (Å²) in [6.07, 6.45) is 0.515. The molecule has 1 aromatic rings. The van der Waals surface area contributed by atoms with Gasteiger partial charge >= 0.3 is 5.97 Å². The number of hydrogen-bond donors (Lipinski definition) is 0. The van der Waals surface area contributed by atoms with Gasteiger partial charge in [0.25, 0.3) is 5.24 Å². The van der Waals surface area contributed by atoms with Gasteiger partial charge < -0.3 is 4.74 Å². The van der Waals surface area contributed by atoms with Crippen LogP contribution in [0.25, 0.3) is 0 Å². The molecular weight excluding hydrogens is 326 g/mol. The van der Waals surface area contributed by atoms with Crippen LogP contribution in [0.4, 0.5) is 4.39 Å². The first kappa shape index (κ1) is 17.3. The fraction of sp³-hybridized carbons (Fsp3) is 0.385. The minimum atomic E-state index is -0.912. The van der Waals surface area contributed by atoms with Gasteiger partial charge in [0, 0.05) is 4.90 Å². The number of halogens is 3. The van der Waals surface area contributed by atoms with Crippen molar-refractivity contribution in [2.45, 2.75) is 30.4 Å². The summed E-state index contributed by atoms with van der Waals surface area (Å²) in [5.74, 6) is -1.16. The quantitative estimate of drug-likeness (QED) is 0.440. The van der Waals surface area contributed by atoms with Gasteiger partial charge in [-0.05, 0) is 37.1 Å². The molecule has 0 N–H and O–H groups in total. The van der Waals surface area contributed by atoms with Crippen molar-refractivity contribution < 1.29 is 18.7 Å². The summed E-state index contributed by atoms with van der Waals surface area (Å²) in [5, 5.41) is -1.27. The van der Waals surface area contributed by atoms with Gasteiger partial charge in [-0.1, -0.05) is 18.5 Å². The molecule has 7 heteroatoms. The topological polar surface area (TPSA) is 43.4 Å². The summed E-state index contributed by atoms with van der Waals surface area (Å²) in [7, 11) is 0. The molecule has 0 aliphatic carbocycles. The van der Waals surface area contributed by atoms with Gasteiger partial charge in [0.1, 0.15) is 11.1 Å². The molecule has 1 aromatic carbocycles. The third kappa shape index (κ3) is 4.36. The fourth-order valence-electron chi connectivity index (χ4n) is 1.46. The van der Waals surface area contributed by atoms with Crippen LogP contribution >= 0.6 is 35.0 Å². The van der Waals surface area contributed by atoms with E-state index in [0.29, 0.717) is 11.3 Å². The maximum atomic E-state index is 13.5. The summed E-state index contributed by atoms with van der Waals surface area (Å²) in [6, 6.07) is 2.26. The van der Waals surface area contributed by atoms with Crippen LogP contribution in [0.2, 0.25) is 5.02 Å². The Kier molecular flexibility index (Phi) is 6.79. The highest BCUT2D eigenvalue weighted by molar-refractivity contribution is 8.00. The minimum Gasteiger partial charge on any atom is -0.465 e. The number of benzene rings is 1. The van der Waals surface area contributed by atoms with E-state index in [1.165, 1.54) is 6.07 Å². The van der Waals surface area contributed by atoms with E-state index in [1.807, 2.05) is 6.92 Å². The Balaban J connectivity index is 3.04. The normalized spacial score (nSPS) is 12.1. The largest absolute Gasteiger partial charge is 0.465 e. The second-order valence-electron chi connectivity index (χ2n) is 3.80. The lowest BCUT2D eigenvalue weighted by Crippen LogP contribution is -2.19. The molecule has 1 atom stereocenters. The molecule has 0 spiro atoms. The van der Waals surface area contributed by atoms with Crippen molar-refractivity contribution in [3.8, 4) is 0 Å². The molecule has 1 unspecified atom stereocenters. The Morgan fingerprint density at radius 2 is 2.05 bits per heavy atom. The lowest BCUT2D eigenvalue weighted by molar-refractivity contribution is -0.142. The highest BCUT2D eigenvalue weighted by Gasteiger charge is 2.22. The van der Waals surface area contributed by atoms with E-state index in [1.54, 1.807) is 6.92 Å². The molecule has 0 fully saturated rings. The van der Waals surface area contributed by atoms with E-state index in [2.05, 4.69) is 0 Å². The third-order valence-electron chi connectivity index (χ3n) is 2.42. The van der Waals surface area contributed by atoms with Crippen LogP contribution in [0.15, 0.2) is 17.0 Å². The van der Waals surface area contributed by atoms with Crippen LogP contribution in [-0.4, -0.2) is 23.1 Å². The minimum absolute atomic E-state index is 0.122. The standard InChI is InChI=1S/C13H13Cl2FO3S/c1-3-10(13(18)19-4-2)20-11-5-7(12(15)17)9(16)6-8(11)14/h5-6,10H,3-4H2,1-2H3. The van der Waals surface area contributed by atoms with Crippen LogP contribution in [0.5, 0.6) is 0 Å². The van der Waals surface area contributed by atoms with Gasteiger partial charge in [0.15, 0.2) is 0 Å². The summed E-state index contributed by atoms with van der Waals surface area (Å²) in [6.45, 7) is 3.81. The summed E-state index contributed by atoms with van der Waals surface area (Å²) in [4.78, 5) is 23.2. The Morgan fingerprint density at radius 3 is 2.55 bits per heavy atom. The van der Waals surface area contributed by atoms with E-state index in [9.17, 15) is 14.0 Å². The summed E-state index contributed by atoms with van der Waals surface area (Å²) < 4.78 is 18.4. The smallest absolute Gasteiger partial charge is 0.319 e. The number of carbonyl (C=O) groups excluding carboxylic acids is 2. The second-order valence-corrected chi connectivity index (χ2v) is 5.80. The molecule has 0 heterocycles. The first-order valence-electron chi connectivity index (χ1n) is 5.92. The van der Waals surface area contributed by atoms with Gasteiger partial charge in [0.2, 0.25) is 0 Å².